The Morgan fingerprint density at radius 3 is 2.88 bits per heavy atom. The number of aromatic nitrogens is 1. The zero-order valence-corrected chi connectivity index (χ0v) is 10.3. The Bertz CT molecular complexity index is 383. The molecule has 1 aromatic heterocycles. The summed E-state index contributed by atoms with van der Waals surface area (Å²) in [6, 6.07) is 8.25. The van der Waals surface area contributed by atoms with Crippen molar-refractivity contribution in [2.45, 2.75) is 32.9 Å². The van der Waals surface area contributed by atoms with E-state index in [-0.39, 0.29) is 0 Å². The molecule has 5 nitrogen and oxygen atoms in total. The molecule has 0 atom stereocenters. The number of nitrogen functional groups attached to an aromatic ring is 1. The van der Waals surface area contributed by atoms with Gasteiger partial charge in [-0.05, 0) is 26.0 Å². The smallest absolute Gasteiger partial charge is 0.140 e. The first-order valence-corrected chi connectivity index (χ1v) is 5.71. The molecule has 3 N–H and O–H groups in total. The van der Waals surface area contributed by atoms with Crippen molar-refractivity contribution >= 4 is 5.82 Å². The Morgan fingerprint density at radius 1 is 1.53 bits per heavy atom. The van der Waals surface area contributed by atoms with Crippen molar-refractivity contribution in [2.75, 3.05) is 12.0 Å². The van der Waals surface area contributed by atoms with Crippen LogP contribution in [-0.2, 0) is 6.54 Å². The predicted molar refractivity (Wildman–Crippen MR) is 67.8 cm³/mol. The second kappa shape index (κ2) is 6.84. The summed E-state index contributed by atoms with van der Waals surface area (Å²) in [5.74, 6) is 5.98. The van der Waals surface area contributed by atoms with Gasteiger partial charge < -0.3 is 5.43 Å². The summed E-state index contributed by atoms with van der Waals surface area (Å²) < 4.78 is 0. The van der Waals surface area contributed by atoms with Gasteiger partial charge in [0.05, 0.1) is 11.8 Å². The van der Waals surface area contributed by atoms with Gasteiger partial charge in [-0.25, -0.2) is 10.8 Å². The fourth-order valence-corrected chi connectivity index (χ4v) is 1.57. The predicted octanol–water partition coefficient (Wildman–Crippen LogP) is 1.49. The normalized spacial score (nSPS) is 10.6. The minimum Gasteiger partial charge on any atom is -0.308 e. The molecule has 17 heavy (non-hydrogen) atoms. The SMILES string of the molecule is CC(C)N(CCC#N)Cc1cccc(NN)n1. The van der Waals surface area contributed by atoms with E-state index >= 15 is 0 Å². The third-order valence-corrected chi connectivity index (χ3v) is 2.56. The van der Waals surface area contributed by atoms with Crippen molar-refractivity contribution in [3.05, 3.63) is 23.9 Å². The molecule has 0 amide bonds. The molecule has 0 spiro atoms. The number of pyridine rings is 1. The van der Waals surface area contributed by atoms with Crippen LogP contribution >= 0.6 is 0 Å². The Hall–Kier alpha value is -1.64. The first kappa shape index (κ1) is 13.4. The van der Waals surface area contributed by atoms with Gasteiger partial charge >= 0.3 is 0 Å². The summed E-state index contributed by atoms with van der Waals surface area (Å²) in [7, 11) is 0. The molecule has 0 aliphatic heterocycles. The van der Waals surface area contributed by atoms with Crippen molar-refractivity contribution in [1.29, 1.82) is 5.26 Å². The fourth-order valence-electron chi connectivity index (χ4n) is 1.57. The van der Waals surface area contributed by atoms with Gasteiger partial charge in [0.2, 0.25) is 0 Å². The second-order valence-corrected chi connectivity index (χ2v) is 4.13. The maximum absolute atomic E-state index is 8.63. The average Bonchev–Trinajstić information content (AvgIpc) is 2.34. The Kier molecular flexibility index (Phi) is 5.40. The van der Waals surface area contributed by atoms with Crippen LogP contribution in [0.25, 0.3) is 0 Å². The van der Waals surface area contributed by atoms with Crippen molar-refractivity contribution in [3.8, 4) is 6.07 Å². The van der Waals surface area contributed by atoms with Crippen molar-refractivity contribution in [2.24, 2.45) is 5.84 Å². The zero-order chi connectivity index (χ0) is 12.7. The molecule has 0 aliphatic rings. The lowest BCUT2D eigenvalue weighted by molar-refractivity contribution is 0.215. The van der Waals surface area contributed by atoms with Crippen molar-refractivity contribution in [1.82, 2.24) is 9.88 Å². The lowest BCUT2D eigenvalue weighted by Gasteiger charge is -2.25. The van der Waals surface area contributed by atoms with Crippen LogP contribution in [0.1, 0.15) is 26.0 Å². The van der Waals surface area contributed by atoms with Gasteiger partial charge in [-0.1, -0.05) is 6.07 Å². The zero-order valence-electron chi connectivity index (χ0n) is 10.3. The first-order valence-electron chi connectivity index (χ1n) is 5.71. The molecular formula is C12H19N5. The Morgan fingerprint density at radius 2 is 2.29 bits per heavy atom. The summed E-state index contributed by atoms with van der Waals surface area (Å²) in [5, 5.41) is 8.63. The van der Waals surface area contributed by atoms with Gasteiger partial charge in [0.25, 0.3) is 0 Å². The maximum Gasteiger partial charge on any atom is 0.140 e. The minimum atomic E-state index is 0.389. The number of nitriles is 1. The highest BCUT2D eigenvalue weighted by atomic mass is 15.3. The largest absolute Gasteiger partial charge is 0.308 e. The summed E-state index contributed by atoms with van der Waals surface area (Å²) >= 11 is 0. The van der Waals surface area contributed by atoms with Crippen LogP contribution in [0.2, 0.25) is 0 Å². The number of nitrogens with one attached hydrogen (secondary N) is 1. The van der Waals surface area contributed by atoms with Gasteiger partial charge in [-0.15, -0.1) is 0 Å². The summed E-state index contributed by atoms with van der Waals surface area (Å²) in [6.07, 6.45) is 0.535. The number of hydrogen-bond donors (Lipinski definition) is 2. The molecule has 0 saturated carbocycles. The van der Waals surface area contributed by atoms with E-state index in [1.165, 1.54) is 0 Å². The minimum absolute atomic E-state index is 0.389. The number of nitrogens with two attached hydrogens (primary N) is 1. The van der Waals surface area contributed by atoms with E-state index in [9.17, 15) is 0 Å². The molecule has 0 unspecified atom stereocenters. The van der Waals surface area contributed by atoms with Crippen LogP contribution in [0.15, 0.2) is 18.2 Å². The third-order valence-electron chi connectivity index (χ3n) is 2.56. The second-order valence-electron chi connectivity index (χ2n) is 4.13. The lowest BCUT2D eigenvalue weighted by Crippen LogP contribution is -2.31. The highest BCUT2D eigenvalue weighted by molar-refractivity contribution is 5.33. The molecule has 0 radical (unpaired) electrons. The van der Waals surface area contributed by atoms with Crippen LogP contribution in [-0.4, -0.2) is 22.5 Å². The Balaban J connectivity index is 2.68. The first-order chi connectivity index (χ1) is 8.17. The molecule has 5 heteroatoms. The summed E-state index contributed by atoms with van der Waals surface area (Å²) in [5.41, 5.74) is 3.48. The average molecular weight is 233 g/mol. The van der Waals surface area contributed by atoms with Crippen LogP contribution in [0.4, 0.5) is 5.82 Å². The van der Waals surface area contributed by atoms with Crippen LogP contribution in [0, 0.1) is 11.3 Å². The molecule has 0 saturated heterocycles. The van der Waals surface area contributed by atoms with E-state index in [1.54, 1.807) is 0 Å². The quantitative estimate of drug-likeness (QED) is 0.575. The molecule has 0 aliphatic carbocycles. The number of hydrazine groups is 1. The van der Waals surface area contributed by atoms with E-state index in [2.05, 4.69) is 35.2 Å². The Labute approximate surface area is 102 Å². The van der Waals surface area contributed by atoms with Crippen LogP contribution in [0.3, 0.4) is 0 Å². The van der Waals surface area contributed by atoms with Crippen molar-refractivity contribution in [3.63, 3.8) is 0 Å². The van der Waals surface area contributed by atoms with E-state index < -0.39 is 0 Å². The summed E-state index contributed by atoms with van der Waals surface area (Å²) in [6.45, 7) is 5.72. The van der Waals surface area contributed by atoms with Gasteiger partial charge in [-0.2, -0.15) is 5.26 Å². The van der Waals surface area contributed by atoms with E-state index in [0.717, 1.165) is 18.8 Å². The molecule has 0 fully saturated rings. The molecule has 1 heterocycles. The fraction of sp³-hybridized carbons (Fsp3) is 0.500. The standard InChI is InChI=1S/C12H19N5/c1-10(2)17(8-4-7-13)9-11-5-3-6-12(15-11)16-14/h3,5-6,10H,4,8-9,14H2,1-2H3,(H,15,16). The third kappa shape index (κ3) is 4.39. The monoisotopic (exact) mass is 233 g/mol. The van der Waals surface area contributed by atoms with E-state index in [0.29, 0.717) is 18.3 Å². The molecule has 1 rings (SSSR count). The van der Waals surface area contributed by atoms with E-state index in [4.69, 9.17) is 11.1 Å². The summed E-state index contributed by atoms with van der Waals surface area (Å²) in [4.78, 5) is 6.57. The van der Waals surface area contributed by atoms with Gasteiger partial charge in [-0.3, -0.25) is 4.90 Å². The van der Waals surface area contributed by atoms with E-state index in [1.807, 2.05) is 18.2 Å². The number of hydrogen-bond acceptors (Lipinski definition) is 5. The van der Waals surface area contributed by atoms with Crippen molar-refractivity contribution < 1.29 is 0 Å². The topological polar surface area (TPSA) is 78.0 Å². The maximum atomic E-state index is 8.63. The molecule has 0 bridgehead atoms. The molecule has 0 aromatic carbocycles. The number of anilines is 1. The van der Waals surface area contributed by atoms with Crippen LogP contribution in [0.5, 0.6) is 0 Å². The number of nitrogens with zero attached hydrogens (tertiary/aromatic N) is 3. The number of rotatable bonds is 6. The van der Waals surface area contributed by atoms with Gasteiger partial charge in [0.1, 0.15) is 5.82 Å². The molecular weight excluding hydrogens is 214 g/mol. The van der Waals surface area contributed by atoms with Gasteiger partial charge in [0.15, 0.2) is 0 Å². The highest BCUT2D eigenvalue weighted by Crippen LogP contribution is 2.09. The lowest BCUT2D eigenvalue weighted by atomic mass is 10.2. The van der Waals surface area contributed by atoms with Crippen LogP contribution < -0.4 is 11.3 Å². The highest BCUT2D eigenvalue weighted by Gasteiger charge is 2.10. The molecule has 92 valence electrons. The molecule has 1 aromatic rings. The van der Waals surface area contributed by atoms with Gasteiger partial charge in [0, 0.05) is 25.6 Å².